The molecule has 0 atom stereocenters. The highest BCUT2D eigenvalue weighted by atomic mass is 16.1. The van der Waals surface area contributed by atoms with Gasteiger partial charge in [-0.3, -0.25) is 4.79 Å². The van der Waals surface area contributed by atoms with Gasteiger partial charge in [-0.1, -0.05) is 32.4 Å². The van der Waals surface area contributed by atoms with Crippen molar-refractivity contribution in [2.45, 2.75) is 40.0 Å². The van der Waals surface area contributed by atoms with Gasteiger partial charge in [-0.15, -0.1) is 0 Å². The molecule has 0 aromatic heterocycles. The number of carbonyl (C=O) groups excluding carboxylic acids is 1. The second kappa shape index (κ2) is 3.56. The third-order valence-electron chi connectivity index (χ3n) is 2.35. The minimum absolute atomic E-state index is 0.107. The molecule has 0 heterocycles. The number of benzene rings is 1. The fourth-order valence-electron chi connectivity index (χ4n) is 1.42. The quantitative estimate of drug-likeness (QED) is 0.619. The SMILES string of the molecule is CC(=O)c1cc(C)cc(C(C)(C)C)c1. The molecule has 0 unspecified atom stereocenters. The molecule has 0 bridgehead atoms. The van der Waals surface area contributed by atoms with Gasteiger partial charge in [0.25, 0.3) is 0 Å². The first-order valence-electron chi connectivity index (χ1n) is 4.94. The van der Waals surface area contributed by atoms with E-state index in [2.05, 4.69) is 26.8 Å². The van der Waals surface area contributed by atoms with E-state index in [1.165, 1.54) is 5.56 Å². The standard InChI is InChI=1S/C13H18O/c1-9-6-11(10(2)14)8-12(7-9)13(3,4)5/h6-8H,1-5H3. The Morgan fingerprint density at radius 2 is 1.71 bits per heavy atom. The molecule has 0 N–H and O–H groups in total. The first-order valence-corrected chi connectivity index (χ1v) is 4.94. The van der Waals surface area contributed by atoms with Crippen LogP contribution in [0, 0.1) is 6.92 Å². The highest BCUT2D eigenvalue weighted by molar-refractivity contribution is 5.94. The van der Waals surface area contributed by atoms with Crippen LogP contribution in [0.15, 0.2) is 18.2 Å². The summed E-state index contributed by atoms with van der Waals surface area (Å²) in [4.78, 5) is 11.3. The van der Waals surface area contributed by atoms with Crippen molar-refractivity contribution >= 4 is 5.78 Å². The van der Waals surface area contributed by atoms with E-state index in [1.807, 2.05) is 19.1 Å². The topological polar surface area (TPSA) is 17.1 Å². The lowest BCUT2D eigenvalue weighted by Gasteiger charge is -2.20. The van der Waals surface area contributed by atoms with Crippen LogP contribution in [-0.4, -0.2) is 5.78 Å². The predicted octanol–water partition coefficient (Wildman–Crippen LogP) is 3.50. The zero-order chi connectivity index (χ0) is 10.9. The first-order chi connectivity index (χ1) is 6.30. The number of aryl methyl sites for hydroxylation is 1. The summed E-state index contributed by atoms with van der Waals surface area (Å²) < 4.78 is 0. The Hall–Kier alpha value is -1.11. The molecule has 0 aliphatic carbocycles. The molecule has 1 aromatic rings. The highest BCUT2D eigenvalue weighted by Crippen LogP contribution is 2.24. The molecule has 0 saturated heterocycles. The largest absolute Gasteiger partial charge is 0.295 e. The van der Waals surface area contributed by atoms with Crippen LogP contribution in [-0.2, 0) is 5.41 Å². The van der Waals surface area contributed by atoms with Crippen molar-refractivity contribution in [2.75, 3.05) is 0 Å². The zero-order valence-electron chi connectivity index (χ0n) is 9.64. The van der Waals surface area contributed by atoms with E-state index in [0.717, 1.165) is 11.1 Å². The van der Waals surface area contributed by atoms with Gasteiger partial charge in [0.05, 0.1) is 0 Å². The molecule has 1 nitrogen and oxygen atoms in total. The van der Waals surface area contributed by atoms with Crippen molar-refractivity contribution in [1.82, 2.24) is 0 Å². The van der Waals surface area contributed by atoms with E-state index in [0.29, 0.717) is 0 Å². The smallest absolute Gasteiger partial charge is 0.159 e. The van der Waals surface area contributed by atoms with E-state index in [9.17, 15) is 4.79 Å². The van der Waals surface area contributed by atoms with Crippen LogP contribution >= 0.6 is 0 Å². The second-order valence-corrected chi connectivity index (χ2v) is 4.89. The lowest BCUT2D eigenvalue weighted by Crippen LogP contribution is -2.12. The Morgan fingerprint density at radius 3 is 2.14 bits per heavy atom. The third-order valence-corrected chi connectivity index (χ3v) is 2.35. The van der Waals surface area contributed by atoms with Gasteiger partial charge in [0.2, 0.25) is 0 Å². The zero-order valence-corrected chi connectivity index (χ0v) is 9.64. The van der Waals surface area contributed by atoms with Gasteiger partial charge in [-0.25, -0.2) is 0 Å². The first kappa shape index (κ1) is 11.0. The second-order valence-electron chi connectivity index (χ2n) is 4.89. The minimum Gasteiger partial charge on any atom is -0.295 e. The summed E-state index contributed by atoms with van der Waals surface area (Å²) in [5.74, 6) is 0.138. The summed E-state index contributed by atoms with van der Waals surface area (Å²) >= 11 is 0. The van der Waals surface area contributed by atoms with Crippen molar-refractivity contribution in [3.05, 3.63) is 34.9 Å². The Balaban J connectivity index is 3.28. The van der Waals surface area contributed by atoms with Crippen LogP contribution in [0.5, 0.6) is 0 Å². The summed E-state index contributed by atoms with van der Waals surface area (Å²) in [5, 5.41) is 0. The molecule has 76 valence electrons. The van der Waals surface area contributed by atoms with E-state index < -0.39 is 0 Å². The molecule has 0 amide bonds. The average Bonchev–Trinajstić information content (AvgIpc) is 2.01. The summed E-state index contributed by atoms with van der Waals surface area (Å²) in [5.41, 5.74) is 3.30. The molecule has 0 spiro atoms. The summed E-state index contributed by atoms with van der Waals surface area (Å²) in [6.45, 7) is 10.1. The Labute approximate surface area is 86.1 Å². The summed E-state index contributed by atoms with van der Waals surface area (Å²) in [7, 11) is 0. The fourth-order valence-corrected chi connectivity index (χ4v) is 1.42. The van der Waals surface area contributed by atoms with Crippen LogP contribution in [0.2, 0.25) is 0 Å². The van der Waals surface area contributed by atoms with Crippen LogP contribution in [0.3, 0.4) is 0 Å². The summed E-state index contributed by atoms with van der Waals surface area (Å²) in [6, 6.07) is 6.08. The molecular weight excluding hydrogens is 172 g/mol. The lowest BCUT2D eigenvalue weighted by atomic mass is 9.85. The van der Waals surface area contributed by atoms with E-state index >= 15 is 0 Å². The van der Waals surface area contributed by atoms with Crippen LogP contribution < -0.4 is 0 Å². The monoisotopic (exact) mass is 190 g/mol. The molecule has 1 heteroatoms. The number of ketones is 1. The maximum absolute atomic E-state index is 11.3. The molecule has 0 saturated carbocycles. The molecule has 0 aliphatic heterocycles. The molecular formula is C13H18O. The number of hydrogen-bond donors (Lipinski definition) is 0. The fraction of sp³-hybridized carbons (Fsp3) is 0.462. The van der Waals surface area contributed by atoms with Crippen molar-refractivity contribution in [3.63, 3.8) is 0 Å². The van der Waals surface area contributed by atoms with Gasteiger partial charge in [0.15, 0.2) is 5.78 Å². The molecule has 1 rings (SSSR count). The van der Waals surface area contributed by atoms with Crippen LogP contribution in [0.1, 0.15) is 49.2 Å². The van der Waals surface area contributed by atoms with Gasteiger partial charge in [-0.2, -0.15) is 0 Å². The maximum atomic E-state index is 11.3. The normalized spacial score (nSPS) is 11.5. The van der Waals surface area contributed by atoms with E-state index in [1.54, 1.807) is 6.92 Å². The number of carbonyl (C=O) groups is 1. The minimum atomic E-state index is 0.107. The molecule has 1 aromatic carbocycles. The van der Waals surface area contributed by atoms with Crippen LogP contribution in [0.25, 0.3) is 0 Å². The van der Waals surface area contributed by atoms with Crippen LogP contribution in [0.4, 0.5) is 0 Å². The van der Waals surface area contributed by atoms with E-state index in [4.69, 9.17) is 0 Å². The number of rotatable bonds is 1. The lowest BCUT2D eigenvalue weighted by molar-refractivity contribution is 0.101. The molecule has 0 fully saturated rings. The van der Waals surface area contributed by atoms with Gasteiger partial charge in [0.1, 0.15) is 0 Å². The van der Waals surface area contributed by atoms with Gasteiger partial charge in [0, 0.05) is 5.56 Å². The summed E-state index contributed by atoms with van der Waals surface area (Å²) in [6.07, 6.45) is 0. The highest BCUT2D eigenvalue weighted by Gasteiger charge is 2.15. The number of Topliss-reactive ketones (excluding diaryl/α,β-unsaturated/α-hetero) is 1. The Bertz CT molecular complexity index is 356. The third kappa shape index (κ3) is 2.44. The maximum Gasteiger partial charge on any atom is 0.159 e. The van der Waals surface area contributed by atoms with Gasteiger partial charge >= 0.3 is 0 Å². The average molecular weight is 190 g/mol. The van der Waals surface area contributed by atoms with Crippen molar-refractivity contribution in [1.29, 1.82) is 0 Å². The van der Waals surface area contributed by atoms with Crippen molar-refractivity contribution in [3.8, 4) is 0 Å². The van der Waals surface area contributed by atoms with E-state index in [-0.39, 0.29) is 11.2 Å². The number of hydrogen-bond acceptors (Lipinski definition) is 1. The van der Waals surface area contributed by atoms with Crippen molar-refractivity contribution < 1.29 is 4.79 Å². The van der Waals surface area contributed by atoms with Gasteiger partial charge < -0.3 is 0 Å². The Morgan fingerprint density at radius 1 is 1.14 bits per heavy atom. The molecule has 0 radical (unpaired) electrons. The van der Waals surface area contributed by atoms with Gasteiger partial charge in [-0.05, 0) is 37.0 Å². The molecule has 14 heavy (non-hydrogen) atoms. The Kier molecular flexibility index (Phi) is 2.79. The molecule has 0 aliphatic rings. The van der Waals surface area contributed by atoms with Crippen molar-refractivity contribution in [2.24, 2.45) is 0 Å². The predicted molar refractivity (Wildman–Crippen MR) is 59.9 cm³/mol.